The number of hydrogen-bond acceptors (Lipinski definition) is 4. The summed E-state index contributed by atoms with van der Waals surface area (Å²) in [7, 11) is 0. The molecule has 0 fully saturated rings. The molecule has 0 aliphatic rings. The number of halogens is 2. The molecule has 0 bridgehead atoms. The number of benzene rings is 1. The van der Waals surface area contributed by atoms with E-state index >= 15 is 0 Å². The summed E-state index contributed by atoms with van der Waals surface area (Å²) < 4.78 is 0.853. The van der Waals surface area contributed by atoms with Gasteiger partial charge in [0.2, 0.25) is 0 Å². The SMILES string of the molecule is O=C(Nc1ccc([N+](=O)[O-])c(Br)c1)c1ccnc(Br)c1. The molecule has 1 heterocycles. The van der Waals surface area contributed by atoms with E-state index in [0.29, 0.717) is 20.3 Å². The number of carbonyl (C=O) groups is 1. The standard InChI is InChI=1S/C12H7Br2N3O3/c13-9-6-8(1-2-10(9)17(19)20)16-12(18)7-3-4-15-11(14)5-7/h1-6H,(H,16,18). The quantitative estimate of drug-likeness (QED) is 0.482. The van der Waals surface area contributed by atoms with E-state index in [-0.39, 0.29) is 11.6 Å². The summed E-state index contributed by atoms with van der Waals surface area (Å²) in [6.45, 7) is 0. The Kier molecular flexibility index (Phi) is 4.46. The van der Waals surface area contributed by atoms with E-state index in [1.165, 1.54) is 24.4 Å². The van der Waals surface area contributed by atoms with Crippen molar-refractivity contribution in [3.05, 3.63) is 61.3 Å². The lowest BCUT2D eigenvalue weighted by molar-refractivity contribution is -0.385. The average Bonchev–Trinajstić information content (AvgIpc) is 2.38. The van der Waals surface area contributed by atoms with E-state index in [1.807, 2.05) is 0 Å². The molecule has 0 aliphatic carbocycles. The Morgan fingerprint density at radius 2 is 2.00 bits per heavy atom. The molecule has 0 spiro atoms. The Morgan fingerprint density at radius 3 is 2.60 bits per heavy atom. The molecule has 0 saturated heterocycles. The lowest BCUT2D eigenvalue weighted by atomic mass is 10.2. The van der Waals surface area contributed by atoms with E-state index in [1.54, 1.807) is 12.1 Å². The molecule has 2 aromatic rings. The van der Waals surface area contributed by atoms with Crippen LogP contribution in [0, 0.1) is 10.1 Å². The molecule has 2 rings (SSSR count). The summed E-state index contributed by atoms with van der Waals surface area (Å²) in [6, 6.07) is 7.42. The van der Waals surface area contributed by atoms with Gasteiger partial charge in [-0.05, 0) is 56.1 Å². The highest BCUT2D eigenvalue weighted by Crippen LogP contribution is 2.27. The molecule has 0 saturated carbocycles. The fourth-order valence-electron chi connectivity index (χ4n) is 1.48. The Hall–Kier alpha value is -1.80. The second-order valence-corrected chi connectivity index (χ2v) is 5.41. The fourth-order valence-corrected chi connectivity index (χ4v) is 2.37. The number of nitrogens with one attached hydrogen (secondary N) is 1. The molecule has 6 nitrogen and oxygen atoms in total. The fraction of sp³-hybridized carbons (Fsp3) is 0. The minimum absolute atomic E-state index is 0.0605. The van der Waals surface area contributed by atoms with Gasteiger partial charge in [-0.1, -0.05) is 0 Å². The van der Waals surface area contributed by atoms with Crippen molar-refractivity contribution >= 4 is 49.1 Å². The summed E-state index contributed by atoms with van der Waals surface area (Å²) in [5.74, 6) is -0.325. The monoisotopic (exact) mass is 399 g/mol. The van der Waals surface area contributed by atoms with Gasteiger partial charge in [-0.3, -0.25) is 14.9 Å². The first-order valence-electron chi connectivity index (χ1n) is 5.34. The molecular weight excluding hydrogens is 394 g/mol. The van der Waals surface area contributed by atoms with Gasteiger partial charge in [0.05, 0.1) is 9.40 Å². The number of amides is 1. The van der Waals surface area contributed by atoms with Crippen LogP contribution in [0.1, 0.15) is 10.4 Å². The van der Waals surface area contributed by atoms with Crippen LogP contribution in [0.3, 0.4) is 0 Å². The van der Waals surface area contributed by atoms with Crippen LogP contribution in [-0.4, -0.2) is 15.8 Å². The number of nitrogens with zero attached hydrogens (tertiary/aromatic N) is 2. The predicted octanol–water partition coefficient (Wildman–Crippen LogP) is 3.77. The van der Waals surface area contributed by atoms with Gasteiger partial charge < -0.3 is 5.32 Å². The van der Waals surface area contributed by atoms with Crippen molar-refractivity contribution in [3.8, 4) is 0 Å². The molecule has 0 aliphatic heterocycles. The number of carbonyl (C=O) groups excluding carboxylic acids is 1. The molecule has 8 heteroatoms. The Balaban J connectivity index is 2.20. The highest BCUT2D eigenvalue weighted by Gasteiger charge is 2.13. The Bertz CT molecular complexity index is 691. The summed E-state index contributed by atoms with van der Waals surface area (Å²) in [5, 5.41) is 13.3. The molecule has 20 heavy (non-hydrogen) atoms. The third-order valence-electron chi connectivity index (χ3n) is 2.39. The van der Waals surface area contributed by atoms with Crippen LogP contribution in [0.4, 0.5) is 11.4 Å². The smallest absolute Gasteiger partial charge is 0.283 e. The molecule has 0 unspecified atom stereocenters. The zero-order chi connectivity index (χ0) is 14.7. The normalized spacial score (nSPS) is 10.1. The zero-order valence-corrected chi connectivity index (χ0v) is 13.0. The van der Waals surface area contributed by atoms with Crippen LogP contribution in [0.2, 0.25) is 0 Å². The van der Waals surface area contributed by atoms with Gasteiger partial charge >= 0.3 is 0 Å². The second-order valence-electron chi connectivity index (χ2n) is 3.74. The summed E-state index contributed by atoms with van der Waals surface area (Å²) >= 11 is 6.27. The molecule has 1 aromatic carbocycles. The lowest BCUT2D eigenvalue weighted by Crippen LogP contribution is -2.12. The predicted molar refractivity (Wildman–Crippen MR) is 80.7 cm³/mol. The number of rotatable bonds is 3. The van der Waals surface area contributed by atoms with Gasteiger partial charge in [0.1, 0.15) is 4.60 Å². The minimum Gasteiger partial charge on any atom is -0.322 e. The van der Waals surface area contributed by atoms with E-state index in [0.717, 1.165) is 0 Å². The number of aromatic nitrogens is 1. The molecule has 102 valence electrons. The lowest BCUT2D eigenvalue weighted by Gasteiger charge is -2.06. The molecular formula is C12H7Br2N3O3. The zero-order valence-electron chi connectivity index (χ0n) is 9.84. The highest BCUT2D eigenvalue weighted by atomic mass is 79.9. The molecule has 0 radical (unpaired) electrons. The number of hydrogen-bond donors (Lipinski definition) is 1. The number of pyridine rings is 1. The van der Waals surface area contributed by atoms with E-state index in [9.17, 15) is 14.9 Å². The van der Waals surface area contributed by atoms with Gasteiger partial charge in [-0.2, -0.15) is 0 Å². The van der Waals surface area contributed by atoms with Crippen molar-refractivity contribution in [1.29, 1.82) is 0 Å². The summed E-state index contributed by atoms with van der Waals surface area (Å²) in [6.07, 6.45) is 1.50. The topological polar surface area (TPSA) is 85.1 Å². The molecule has 1 N–H and O–H groups in total. The largest absolute Gasteiger partial charge is 0.322 e. The summed E-state index contributed by atoms with van der Waals surface area (Å²) in [5.41, 5.74) is 0.830. The first kappa shape index (κ1) is 14.6. The van der Waals surface area contributed by atoms with Crippen molar-refractivity contribution in [3.63, 3.8) is 0 Å². The average molecular weight is 401 g/mol. The first-order valence-corrected chi connectivity index (χ1v) is 6.93. The van der Waals surface area contributed by atoms with Crippen molar-refractivity contribution in [2.24, 2.45) is 0 Å². The van der Waals surface area contributed by atoms with Gasteiger partial charge in [0.25, 0.3) is 11.6 Å². The van der Waals surface area contributed by atoms with Crippen LogP contribution >= 0.6 is 31.9 Å². The third kappa shape index (κ3) is 3.40. The maximum Gasteiger partial charge on any atom is 0.283 e. The van der Waals surface area contributed by atoms with Gasteiger partial charge in [0, 0.05) is 23.5 Å². The first-order chi connectivity index (χ1) is 9.47. The van der Waals surface area contributed by atoms with Crippen LogP contribution in [-0.2, 0) is 0 Å². The molecule has 1 amide bonds. The van der Waals surface area contributed by atoms with Gasteiger partial charge in [-0.25, -0.2) is 4.98 Å². The third-order valence-corrected chi connectivity index (χ3v) is 3.46. The molecule has 0 atom stereocenters. The van der Waals surface area contributed by atoms with E-state index in [2.05, 4.69) is 42.2 Å². The van der Waals surface area contributed by atoms with Crippen molar-refractivity contribution in [2.75, 3.05) is 5.32 Å². The maximum absolute atomic E-state index is 12.0. The summed E-state index contributed by atoms with van der Waals surface area (Å²) in [4.78, 5) is 26.1. The van der Waals surface area contributed by atoms with Crippen molar-refractivity contribution < 1.29 is 9.72 Å². The Morgan fingerprint density at radius 1 is 1.25 bits per heavy atom. The minimum atomic E-state index is -0.504. The Labute approximate surface area is 130 Å². The van der Waals surface area contributed by atoms with Crippen molar-refractivity contribution in [2.45, 2.75) is 0 Å². The van der Waals surface area contributed by atoms with Gasteiger partial charge in [-0.15, -0.1) is 0 Å². The molecule has 1 aromatic heterocycles. The highest BCUT2D eigenvalue weighted by molar-refractivity contribution is 9.10. The van der Waals surface area contributed by atoms with Crippen LogP contribution in [0.25, 0.3) is 0 Å². The van der Waals surface area contributed by atoms with E-state index in [4.69, 9.17) is 0 Å². The maximum atomic E-state index is 12.0. The van der Waals surface area contributed by atoms with Crippen molar-refractivity contribution in [1.82, 2.24) is 4.98 Å². The van der Waals surface area contributed by atoms with E-state index < -0.39 is 4.92 Å². The van der Waals surface area contributed by atoms with Crippen LogP contribution < -0.4 is 5.32 Å². The van der Waals surface area contributed by atoms with Crippen LogP contribution in [0.15, 0.2) is 45.6 Å². The number of anilines is 1. The number of nitro benzene ring substituents is 1. The van der Waals surface area contributed by atoms with Gasteiger partial charge in [0.15, 0.2) is 0 Å². The van der Waals surface area contributed by atoms with Crippen LogP contribution in [0.5, 0.6) is 0 Å². The number of nitro groups is 1. The second kappa shape index (κ2) is 6.10.